The third kappa shape index (κ3) is 2.92. The van der Waals surface area contributed by atoms with Gasteiger partial charge in [-0.25, -0.2) is 0 Å². The second-order valence-electron chi connectivity index (χ2n) is 5.62. The minimum atomic E-state index is 0.231. The van der Waals surface area contributed by atoms with Gasteiger partial charge >= 0.3 is 0 Å². The van der Waals surface area contributed by atoms with Gasteiger partial charge in [0.15, 0.2) is 0 Å². The second-order valence-corrected chi connectivity index (χ2v) is 5.62. The lowest BCUT2D eigenvalue weighted by atomic mass is 9.90. The fraction of sp³-hybridized carbons (Fsp3) is 0.333. The van der Waals surface area contributed by atoms with Crippen molar-refractivity contribution < 1.29 is 0 Å². The normalized spacial score (nSPS) is 23.6. The summed E-state index contributed by atoms with van der Waals surface area (Å²) in [5.74, 6) is 0. The molecule has 1 aliphatic heterocycles. The van der Waals surface area contributed by atoms with Crippen molar-refractivity contribution in [1.29, 1.82) is 0 Å². The van der Waals surface area contributed by atoms with Crippen molar-refractivity contribution in [2.45, 2.75) is 31.5 Å². The Kier molecular flexibility index (Phi) is 4.14. The van der Waals surface area contributed by atoms with E-state index in [1.807, 2.05) is 0 Å². The summed E-state index contributed by atoms with van der Waals surface area (Å²) in [7, 11) is 0. The third-order valence-electron chi connectivity index (χ3n) is 4.15. The first kappa shape index (κ1) is 13.3. The van der Waals surface area contributed by atoms with Crippen LogP contribution in [0.25, 0.3) is 0 Å². The lowest BCUT2D eigenvalue weighted by molar-refractivity contribution is 0.120. The van der Waals surface area contributed by atoms with Gasteiger partial charge in [0.25, 0.3) is 0 Å². The number of benzene rings is 2. The highest BCUT2D eigenvalue weighted by molar-refractivity contribution is 5.22. The summed E-state index contributed by atoms with van der Waals surface area (Å²) in [4.78, 5) is 2.53. The Labute approximate surface area is 121 Å². The number of nitrogens with two attached hydrogens (primary N) is 1. The Morgan fingerprint density at radius 1 is 0.950 bits per heavy atom. The highest BCUT2D eigenvalue weighted by atomic mass is 15.2. The molecule has 2 N–H and O–H groups in total. The van der Waals surface area contributed by atoms with Gasteiger partial charge in [0.2, 0.25) is 0 Å². The molecule has 104 valence electrons. The van der Waals surface area contributed by atoms with Crippen molar-refractivity contribution in [2.24, 2.45) is 5.73 Å². The average Bonchev–Trinajstić information content (AvgIpc) is 2.49. The molecule has 0 radical (unpaired) electrons. The van der Waals surface area contributed by atoms with Crippen LogP contribution < -0.4 is 5.73 Å². The van der Waals surface area contributed by atoms with Crippen molar-refractivity contribution in [3.8, 4) is 0 Å². The summed E-state index contributed by atoms with van der Waals surface area (Å²) in [6.45, 7) is 2.11. The van der Waals surface area contributed by atoms with Crippen molar-refractivity contribution in [2.75, 3.05) is 6.54 Å². The predicted molar refractivity (Wildman–Crippen MR) is 83.2 cm³/mol. The van der Waals surface area contributed by atoms with Gasteiger partial charge in [0, 0.05) is 12.6 Å². The number of likely N-dealkylation sites (tertiary alicyclic amines) is 1. The number of hydrogen-bond donors (Lipinski definition) is 1. The average molecular weight is 266 g/mol. The quantitative estimate of drug-likeness (QED) is 0.923. The lowest BCUT2D eigenvalue weighted by Crippen LogP contribution is -2.45. The molecule has 2 atom stereocenters. The van der Waals surface area contributed by atoms with Crippen LogP contribution in [-0.2, 0) is 6.54 Å². The zero-order chi connectivity index (χ0) is 13.8. The van der Waals surface area contributed by atoms with Crippen LogP contribution >= 0.6 is 0 Å². The van der Waals surface area contributed by atoms with Crippen LogP contribution in [0.4, 0.5) is 0 Å². The zero-order valence-electron chi connectivity index (χ0n) is 11.8. The molecule has 2 nitrogen and oxygen atoms in total. The molecule has 0 aromatic heterocycles. The maximum atomic E-state index is 6.41. The molecule has 1 aliphatic rings. The number of hydrogen-bond acceptors (Lipinski definition) is 2. The highest BCUT2D eigenvalue weighted by Crippen LogP contribution is 2.31. The van der Waals surface area contributed by atoms with Crippen LogP contribution in [0.3, 0.4) is 0 Å². The fourth-order valence-electron chi connectivity index (χ4n) is 3.20. The van der Waals surface area contributed by atoms with Gasteiger partial charge in [0.05, 0.1) is 6.04 Å². The van der Waals surface area contributed by atoms with Crippen LogP contribution in [0, 0.1) is 0 Å². The van der Waals surface area contributed by atoms with Crippen LogP contribution in [0.15, 0.2) is 60.7 Å². The van der Waals surface area contributed by atoms with Crippen molar-refractivity contribution in [3.05, 3.63) is 71.8 Å². The molecule has 1 fully saturated rings. The van der Waals surface area contributed by atoms with Crippen LogP contribution in [-0.4, -0.2) is 17.5 Å². The molecule has 1 saturated heterocycles. The molecule has 2 aromatic carbocycles. The van der Waals surface area contributed by atoms with Gasteiger partial charge in [0.1, 0.15) is 0 Å². The first-order chi connectivity index (χ1) is 9.84. The van der Waals surface area contributed by atoms with Crippen LogP contribution in [0.1, 0.15) is 30.0 Å². The summed E-state index contributed by atoms with van der Waals surface area (Å²) < 4.78 is 0. The maximum Gasteiger partial charge on any atom is 0.0502 e. The molecule has 1 heterocycles. The molecule has 2 aromatic rings. The monoisotopic (exact) mass is 266 g/mol. The van der Waals surface area contributed by atoms with E-state index in [9.17, 15) is 0 Å². The van der Waals surface area contributed by atoms with E-state index >= 15 is 0 Å². The Morgan fingerprint density at radius 2 is 1.60 bits per heavy atom. The van der Waals surface area contributed by atoms with Crippen LogP contribution in [0.5, 0.6) is 0 Å². The molecule has 0 bridgehead atoms. The number of nitrogens with zero attached hydrogens (tertiary/aromatic N) is 1. The van der Waals surface area contributed by atoms with Gasteiger partial charge in [-0.15, -0.1) is 0 Å². The first-order valence-corrected chi connectivity index (χ1v) is 7.43. The molecule has 0 spiro atoms. The maximum absolute atomic E-state index is 6.41. The highest BCUT2D eigenvalue weighted by Gasteiger charge is 2.29. The van der Waals surface area contributed by atoms with Crippen LogP contribution in [0.2, 0.25) is 0 Å². The Morgan fingerprint density at radius 3 is 2.30 bits per heavy atom. The van der Waals surface area contributed by atoms with E-state index in [0.29, 0.717) is 6.04 Å². The zero-order valence-corrected chi connectivity index (χ0v) is 11.8. The molecule has 2 heteroatoms. The Bertz CT molecular complexity index is 524. The summed E-state index contributed by atoms with van der Waals surface area (Å²) in [6.07, 6.45) is 2.31. The number of piperidine rings is 1. The topological polar surface area (TPSA) is 29.3 Å². The lowest BCUT2D eigenvalue weighted by Gasteiger charge is -2.40. The van der Waals surface area contributed by atoms with Crippen molar-refractivity contribution >= 4 is 0 Å². The molecular weight excluding hydrogens is 244 g/mol. The van der Waals surface area contributed by atoms with E-state index in [2.05, 4.69) is 65.6 Å². The molecule has 0 aliphatic carbocycles. The molecule has 0 unspecified atom stereocenters. The van der Waals surface area contributed by atoms with E-state index in [4.69, 9.17) is 5.73 Å². The molecular formula is C18H22N2. The van der Waals surface area contributed by atoms with Gasteiger partial charge in [-0.2, -0.15) is 0 Å². The molecule has 3 rings (SSSR count). The summed E-state index contributed by atoms with van der Waals surface area (Å²) in [5.41, 5.74) is 9.12. The summed E-state index contributed by atoms with van der Waals surface area (Å²) in [6, 6.07) is 21.9. The predicted octanol–water partition coefficient (Wildman–Crippen LogP) is 3.35. The second kappa shape index (κ2) is 6.21. The van der Waals surface area contributed by atoms with E-state index in [0.717, 1.165) is 19.5 Å². The third-order valence-corrected chi connectivity index (χ3v) is 4.15. The summed E-state index contributed by atoms with van der Waals surface area (Å²) in [5, 5.41) is 0. The largest absolute Gasteiger partial charge is 0.326 e. The molecule has 0 saturated carbocycles. The van der Waals surface area contributed by atoms with E-state index in [-0.39, 0.29) is 6.04 Å². The van der Waals surface area contributed by atoms with Crippen molar-refractivity contribution in [1.82, 2.24) is 4.90 Å². The Hall–Kier alpha value is -1.64. The van der Waals surface area contributed by atoms with E-state index in [1.165, 1.54) is 17.5 Å². The van der Waals surface area contributed by atoms with Gasteiger partial charge in [-0.05, 0) is 30.5 Å². The smallest absolute Gasteiger partial charge is 0.0502 e. The van der Waals surface area contributed by atoms with E-state index in [1.54, 1.807) is 0 Å². The minimum absolute atomic E-state index is 0.231. The standard InChI is InChI=1S/C18H22N2/c19-17-12-7-13-20(14-15-8-3-1-4-9-15)18(17)16-10-5-2-6-11-16/h1-6,8-11,17-18H,7,12-14,19H2/t17-,18-/m1/s1. The summed E-state index contributed by atoms with van der Waals surface area (Å²) >= 11 is 0. The number of rotatable bonds is 3. The van der Waals surface area contributed by atoms with Gasteiger partial charge in [-0.3, -0.25) is 4.90 Å². The molecule has 0 amide bonds. The first-order valence-electron chi connectivity index (χ1n) is 7.43. The Balaban J connectivity index is 1.83. The SMILES string of the molecule is N[C@@H]1CCCN(Cc2ccccc2)[C@@H]1c1ccccc1. The van der Waals surface area contributed by atoms with Gasteiger partial charge in [-0.1, -0.05) is 60.7 Å². The minimum Gasteiger partial charge on any atom is -0.326 e. The van der Waals surface area contributed by atoms with E-state index < -0.39 is 0 Å². The molecule has 20 heavy (non-hydrogen) atoms. The van der Waals surface area contributed by atoms with Crippen molar-refractivity contribution in [3.63, 3.8) is 0 Å². The van der Waals surface area contributed by atoms with Gasteiger partial charge < -0.3 is 5.73 Å². The fourth-order valence-corrected chi connectivity index (χ4v) is 3.20.